The van der Waals surface area contributed by atoms with Gasteiger partial charge in [-0.05, 0) is 31.2 Å². The van der Waals surface area contributed by atoms with Gasteiger partial charge in [0, 0.05) is 10.6 Å². The number of rotatable bonds is 4. The molecule has 2 unspecified atom stereocenters. The minimum atomic E-state index is -1.15. The second-order valence-corrected chi connectivity index (χ2v) is 4.53. The molecule has 1 heterocycles. The number of carbonyl (C=O) groups is 1. The van der Waals surface area contributed by atoms with Crippen molar-refractivity contribution in [1.82, 2.24) is 14.8 Å². The topological polar surface area (TPSA) is 88.2 Å². The van der Waals surface area contributed by atoms with E-state index in [9.17, 15) is 15.0 Å². The molecule has 0 aliphatic carbocycles. The van der Waals surface area contributed by atoms with Crippen molar-refractivity contribution >= 4 is 17.6 Å². The van der Waals surface area contributed by atoms with Crippen LogP contribution in [0.15, 0.2) is 30.6 Å². The molecule has 7 heteroatoms. The van der Waals surface area contributed by atoms with Crippen LogP contribution in [0.25, 0.3) is 11.4 Å². The molecule has 0 radical (unpaired) electrons. The fourth-order valence-electron chi connectivity index (χ4n) is 1.81. The number of nitrogens with zero attached hydrogens (tertiary/aromatic N) is 3. The highest BCUT2D eigenvalue weighted by molar-refractivity contribution is 6.30. The number of aliphatic hydroxyl groups excluding tert-OH is 1. The first-order chi connectivity index (χ1) is 9.00. The van der Waals surface area contributed by atoms with Crippen LogP contribution in [-0.4, -0.2) is 37.1 Å². The Balaban J connectivity index is 2.47. The molecule has 6 nitrogen and oxygen atoms in total. The van der Waals surface area contributed by atoms with Gasteiger partial charge in [0.15, 0.2) is 11.9 Å². The molecule has 19 heavy (non-hydrogen) atoms. The van der Waals surface area contributed by atoms with Crippen molar-refractivity contribution in [3.8, 4) is 11.4 Å². The van der Waals surface area contributed by atoms with Crippen molar-refractivity contribution in [2.24, 2.45) is 0 Å². The summed E-state index contributed by atoms with van der Waals surface area (Å²) in [5.41, 5.74) is 0.675. The number of aliphatic hydroxyl groups is 1. The summed E-state index contributed by atoms with van der Waals surface area (Å²) in [4.78, 5) is 11.2. The van der Waals surface area contributed by atoms with Gasteiger partial charge in [0.2, 0.25) is 0 Å². The summed E-state index contributed by atoms with van der Waals surface area (Å²) in [6, 6.07) is 5.64. The van der Waals surface area contributed by atoms with Crippen LogP contribution in [0.5, 0.6) is 0 Å². The summed E-state index contributed by atoms with van der Waals surface area (Å²) in [5, 5.41) is 26.9. The van der Waals surface area contributed by atoms with E-state index in [4.69, 9.17) is 11.6 Å². The summed E-state index contributed by atoms with van der Waals surface area (Å²) in [7, 11) is 0. The van der Waals surface area contributed by atoms with Gasteiger partial charge in [-0.25, -0.2) is 4.79 Å². The Morgan fingerprint density at radius 1 is 1.37 bits per heavy atom. The highest BCUT2D eigenvalue weighted by atomic mass is 35.5. The fraction of sp³-hybridized carbons (Fsp3) is 0.250. The van der Waals surface area contributed by atoms with Crippen molar-refractivity contribution < 1.29 is 15.0 Å². The largest absolute Gasteiger partial charge is 0.480 e. The van der Waals surface area contributed by atoms with Gasteiger partial charge in [-0.15, -0.1) is 10.2 Å². The highest BCUT2D eigenvalue weighted by Crippen LogP contribution is 2.23. The summed E-state index contributed by atoms with van der Waals surface area (Å²) in [5.74, 6) is -0.782. The zero-order chi connectivity index (χ0) is 14.0. The molecule has 0 bridgehead atoms. The number of halogens is 1. The van der Waals surface area contributed by atoms with Crippen molar-refractivity contribution in [1.29, 1.82) is 0 Å². The molecule has 1 aromatic heterocycles. The van der Waals surface area contributed by atoms with E-state index in [1.165, 1.54) is 17.8 Å². The Morgan fingerprint density at radius 3 is 2.53 bits per heavy atom. The molecule has 2 N–H and O–H groups in total. The van der Waals surface area contributed by atoms with Crippen molar-refractivity contribution in [2.45, 2.75) is 19.1 Å². The molecule has 0 aliphatic heterocycles. The van der Waals surface area contributed by atoms with Crippen LogP contribution in [0.2, 0.25) is 5.02 Å². The Labute approximate surface area is 114 Å². The molecular formula is C12H12ClN3O3. The maximum atomic E-state index is 11.2. The van der Waals surface area contributed by atoms with E-state index in [1.54, 1.807) is 24.3 Å². The maximum absolute atomic E-state index is 11.2. The molecule has 0 saturated heterocycles. The second kappa shape index (κ2) is 5.38. The van der Waals surface area contributed by atoms with Crippen LogP contribution in [-0.2, 0) is 4.79 Å². The Hall–Kier alpha value is -1.92. The summed E-state index contributed by atoms with van der Waals surface area (Å²) < 4.78 is 1.33. The predicted octanol–water partition coefficient (Wildman–Crippen LogP) is 1.60. The lowest BCUT2D eigenvalue weighted by Gasteiger charge is -2.18. The van der Waals surface area contributed by atoms with Crippen LogP contribution in [0.3, 0.4) is 0 Å². The van der Waals surface area contributed by atoms with Gasteiger partial charge in [-0.3, -0.25) is 4.57 Å². The molecule has 100 valence electrons. The molecule has 2 aromatic rings. The second-order valence-electron chi connectivity index (χ2n) is 4.09. The average Bonchev–Trinajstić information content (AvgIpc) is 2.78. The van der Waals surface area contributed by atoms with Gasteiger partial charge in [-0.2, -0.15) is 0 Å². The lowest BCUT2D eigenvalue weighted by atomic mass is 10.1. The minimum absolute atomic E-state index is 0.366. The fourth-order valence-corrected chi connectivity index (χ4v) is 1.94. The quantitative estimate of drug-likeness (QED) is 0.889. The van der Waals surface area contributed by atoms with E-state index in [1.807, 2.05) is 0 Å². The molecule has 0 fully saturated rings. The highest BCUT2D eigenvalue weighted by Gasteiger charge is 2.27. The zero-order valence-electron chi connectivity index (χ0n) is 10.1. The molecule has 2 atom stereocenters. The van der Waals surface area contributed by atoms with Gasteiger partial charge in [0.1, 0.15) is 6.33 Å². The molecule has 0 saturated carbocycles. The van der Waals surface area contributed by atoms with Gasteiger partial charge >= 0.3 is 5.97 Å². The van der Waals surface area contributed by atoms with Crippen molar-refractivity contribution in [2.75, 3.05) is 0 Å². The first-order valence-corrected chi connectivity index (χ1v) is 5.95. The van der Waals surface area contributed by atoms with Crippen LogP contribution in [0.1, 0.15) is 13.0 Å². The molecule has 1 aromatic carbocycles. The van der Waals surface area contributed by atoms with Gasteiger partial charge in [0.25, 0.3) is 0 Å². The Morgan fingerprint density at radius 2 is 2.00 bits per heavy atom. The molecule has 2 rings (SSSR count). The maximum Gasteiger partial charge on any atom is 0.329 e. The monoisotopic (exact) mass is 281 g/mol. The molecular weight excluding hydrogens is 270 g/mol. The number of aromatic nitrogens is 3. The first kappa shape index (κ1) is 13.5. The Kier molecular flexibility index (Phi) is 3.82. The SMILES string of the molecule is CC(O)C(C(=O)O)n1cnnc1-c1ccc(Cl)cc1. The molecule has 0 amide bonds. The van der Waals surface area contributed by atoms with E-state index in [0.717, 1.165) is 0 Å². The zero-order valence-corrected chi connectivity index (χ0v) is 10.8. The summed E-state index contributed by atoms with van der Waals surface area (Å²) in [6.07, 6.45) is 0.217. The van der Waals surface area contributed by atoms with E-state index in [2.05, 4.69) is 10.2 Å². The number of carboxylic acids is 1. The number of benzene rings is 1. The lowest BCUT2D eigenvalue weighted by molar-refractivity contribution is -0.144. The predicted molar refractivity (Wildman–Crippen MR) is 68.8 cm³/mol. The number of hydrogen-bond donors (Lipinski definition) is 2. The molecule has 0 spiro atoms. The normalized spacial score (nSPS) is 14.1. The number of aliphatic carboxylic acids is 1. The van der Waals surface area contributed by atoms with Crippen molar-refractivity contribution in [3.05, 3.63) is 35.6 Å². The van der Waals surface area contributed by atoms with E-state index < -0.39 is 18.1 Å². The molecule has 0 aliphatic rings. The van der Waals surface area contributed by atoms with Crippen LogP contribution in [0.4, 0.5) is 0 Å². The Bertz CT molecular complexity index is 580. The third-order valence-corrected chi connectivity index (χ3v) is 2.94. The summed E-state index contributed by atoms with van der Waals surface area (Å²) in [6.45, 7) is 1.41. The summed E-state index contributed by atoms with van der Waals surface area (Å²) >= 11 is 5.80. The number of hydrogen-bond acceptors (Lipinski definition) is 4. The van der Waals surface area contributed by atoms with Gasteiger partial charge in [-0.1, -0.05) is 11.6 Å². The van der Waals surface area contributed by atoms with Crippen LogP contribution >= 0.6 is 11.6 Å². The average molecular weight is 282 g/mol. The third-order valence-electron chi connectivity index (χ3n) is 2.69. The van der Waals surface area contributed by atoms with Crippen LogP contribution in [0, 0.1) is 0 Å². The third kappa shape index (κ3) is 2.74. The van der Waals surface area contributed by atoms with Gasteiger partial charge < -0.3 is 10.2 Å². The lowest BCUT2D eigenvalue weighted by Crippen LogP contribution is -2.29. The van der Waals surface area contributed by atoms with E-state index in [0.29, 0.717) is 16.4 Å². The van der Waals surface area contributed by atoms with Crippen LogP contribution < -0.4 is 0 Å². The standard InChI is InChI=1S/C12H12ClN3O3/c1-7(17)10(12(18)19)16-6-14-15-11(16)8-2-4-9(13)5-3-8/h2-7,10,17H,1H3,(H,18,19). The number of carboxylic acid groups (broad SMARTS) is 1. The van der Waals surface area contributed by atoms with Gasteiger partial charge in [0.05, 0.1) is 6.10 Å². The minimum Gasteiger partial charge on any atom is -0.480 e. The van der Waals surface area contributed by atoms with Crippen molar-refractivity contribution in [3.63, 3.8) is 0 Å². The first-order valence-electron chi connectivity index (χ1n) is 5.57. The van der Waals surface area contributed by atoms with E-state index in [-0.39, 0.29) is 0 Å². The smallest absolute Gasteiger partial charge is 0.329 e. The van der Waals surface area contributed by atoms with E-state index >= 15 is 0 Å².